The molecule has 2 heteroatoms. The van der Waals surface area contributed by atoms with Crippen LogP contribution in [0, 0.1) is 5.41 Å². The van der Waals surface area contributed by atoms with Gasteiger partial charge in [-0.1, -0.05) is 47.9 Å². The van der Waals surface area contributed by atoms with Crippen LogP contribution in [0.5, 0.6) is 0 Å². The Morgan fingerprint density at radius 2 is 1.53 bits per heavy atom. The molecule has 0 aliphatic heterocycles. The third kappa shape index (κ3) is 1.46. The van der Waals surface area contributed by atoms with Gasteiger partial charge in [0.1, 0.15) is 7.85 Å². The maximum Gasteiger partial charge on any atom is 0.170 e. The fourth-order valence-corrected chi connectivity index (χ4v) is 3.67. The van der Waals surface area contributed by atoms with Gasteiger partial charge in [-0.25, -0.2) is 0 Å². The second kappa shape index (κ2) is 3.60. The van der Waals surface area contributed by atoms with Crippen molar-refractivity contribution in [2.75, 3.05) is 0 Å². The Morgan fingerprint density at radius 3 is 2.21 bits per heavy atom. The minimum Gasteiger partial charge on any atom is -0.294 e. The topological polar surface area (TPSA) is 17.1 Å². The highest BCUT2D eigenvalue weighted by atomic mass is 16.1. The summed E-state index contributed by atoms with van der Waals surface area (Å²) in [6, 6.07) is 14.2. The van der Waals surface area contributed by atoms with E-state index in [9.17, 15) is 4.79 Å². The Hall–Kier alpha value is -1.83. The molecule has 1 spiro atoms. The highest BCUT2D eigenvalue weighted by molar-refractivity contribution is 6.33. The van der Waals surface area contributed by atoms with Gasteiger partial charge in [0.15, 0.2) is 5.78 Å². The van der Waals surface area contributed by atoms with E-state index in [0.29, 0.717) is 5.46 Å². The third-order valence-electron chi connectivity index (χ3n) is 4.57. The molecule has 2 radical (unpaired) electrons. The van der Waals surface area contributed by atoms with Crippen molar-refractivity contribution in [3.63, 3.8) is 0 Å². The molecule has 4 rings (SSSR count). The summed E-state index contributed by atoms with van der Waals surface area (Å²) in [5, 5.41) is 0. The highest BCUT2D eigenvalue weighted by Crippen LogP contribution is 2.46. The van der Waals surface area contributed by atoms with Crippen LogP contribution < -0.4 is 5.46 Å². The maximum absolute atomic E-state index is 12.8. The normalized spacial score (nSPS) is 18.6. The van der Waals surface area contributed by atoms with E-state index < -0.39 is 0 Å². The lowest BCUT2D eigenvalue weighted by Crippen LogP contribution is -2.28. The van der Waals surface area contributed by atoms with E-state index in [1.165, 1.54) is 11.1 Å². The van der Waals surface area contributed by atoms with Crippen LogP contribution in [-0.2, 0) is 19.3 Å². The largest absolute Gasteiger partial charge is 0.294 e. The maximum atomic E-state index is 12.8. The van der Waals surface area contributed by atoms with Crippen molar-refractivity contribution in [3.05, 3.63) is 64.7 Å². The third-order valence-corrected chi connectivity index (χ3v) is 4.57. The summed E-state index contributed by atoms with van der Waals surface area (Å²) in [6.07, 6.45) is 2.60. The van der Waals surface area contributed by atoms with Gasteiger partial charge >= 0.3 is 0 Å². The molecule has 0 amide bonds. The first-order valence-electron chi connectivity index (χ1n) is 6.68. The molecular formula is C17H13BO. The van der Waals surface area contributed by atoms with Gasteiger partial charge in [-0.15, -0.1) is 0 Å². The van der Waals surface area contributed by atoms with Crippen LogP contribution >= 0.6 is 0 Å². The van der Waals surface area contributed by atoms with Crippen molar-refractivity contribution in [1.29, 1.82) is 0 Å². The van der Waals surface area contributed by atoms with Crippen molar-refractivity contribution in [2.45, 2.75) is 19.3 Å². The van der Waals surface area contributed by atoms with Gasteiger partial charge < -0.3 is 0 Å². The zero-order chi connectivity index (χ0) is 13.0. The standard InChI is InChI=1S/C17H13BO/c18-14-6-5-13-10-17(16(19)15(13)7-14)8-11-3-1-2-4-12(11)9-17/h1-7H,8-10H2. The van der Waals surface area contributed by atoms with E-state index in [2.05, 4.69) is 24.3 Å². The van der Waals surface area contributed by atoms with E-state index in [-0.39, 0.29) is 11.2 Å². The van der Waals surface area contributed by atoms with E-state index >= 15 is 0 Å². The van der Waals surface area contributed by atoms with Gasteiger partial charge in [0.25, 0.3) is 0 Å². The van der Waals surface area contributed by atoms with Crippen LogP contribution in [0.25, 0.3) is 0 Å². The summed E-state index contributed by atoms with van der Waals surface area (Å²) in [5.41, 5.74) is 5.10. The van der Waals surface area contributed by atoms with E-state index in [1.807, 2.05) is 18.2 Å². The minimum atomic E-state index is -0.236. The van der Waals surface area contributed by atoms with E-state index in [0.717, 1.165) is 30.4 Å². The quantitative estimate of drug-likeness (QED) is 0.648. The second-order valence-corrected chi connectivity index (χ2v) is 5.83. The van der Waals surface area contributed by atoms with Crippen LogP contribution in [0.3, 0.4) is 0 Å². The molecular weight excluding hydrogens is 231 g/mol. The van der Waals surface area contributed by atoms with Crippen molar-refractivity contribution in [2.24, 2.45) is 5.41 Å². The number of carbonyl (C=O) groups is 1. The molecule has 0 bridgehead atoms. The summed E-state index contributed by atoms with van der Waals surface area (Å²) in [7, 11) is 5.81. The zero-order valence-corrected chi connectivity index (χ0v) is 10.6. The van der Waals surface area contributed by atoms with Crippen molar-refractivity contribution in [1.82, 2.24) is 0 Å². The Morgan fingerprint density at radius 1 is 0.895 bits per heavy atom. The summed E-state index contributed by atoms with van der Waals surface area (Å²) in [6.45, 7) is 0. The number of hydrogen-bond donors (Lipinski definition) is 0. The lowest BCUT2D eigenvalue weighted by atomic mass is 9.80. The summed E-state index contributed by atoms with van der Waals surface area (Å²) < 4.78 is 0. The van der Waals surface area contributed by atoms with Gasteiger partial charge in [0.2, 0.25) is 0 Å². The number of fused-ring (bicyclic) bond motifs is 2. The van der Waals surface area contributed by atoms with Crippen LogP contribution in [0.1, 0.15) is 27.0 Å². The van der Waals surface area contributed by atoms with Crippen molar-refractivity contribution >= 4 is 19.1 Å². The monoisotopic (exact) mass is 244 g/mol. The molecule has 2 aromatic rings. The number of rotatable bonds is 0. The molecule has 0 unspecified atom stereocenters. The van der Waals surface area contributed by atoms with Gasteiger partial charge in [0, 0.05) is 11.0 Å². The van der Waals surface area contributed by atoms with Gasteiger partial charge in [-0.05, 0) is 36.0 Å². The molecule has 0 heterocycles. The predicted molar refractivity (Wildman–Crippen MR) is 76.1 cm³/mol. The number of ketones is 1. The van der Waals surface area contributed by atoms with Crippen LogP contribution in [0.4, 0.5) is 0 Å². The van der Waals surface area contributed by atoms with E-state index in [4.69, 9.17) is 7.85 Å². The molecule has 19 heavy (non-hydrogen) atoms. The first kappa shape index (κ1) is 11.0. The number of carbonyl (C=O) groups excluding carboxylic acids is 1. The van der Waals surface area contributed by atoms with Crippen molar-refractivity contribution in [3.8, 4) is 0 Å². The van der Waals surface area contributed by atoms with Crippen LogP contribution in [-0.4, -0.2) is 13.6 Å². The Kier molecular flexibility index (Phi) is 2.09. The molecule has 0 N–H and O–H groups in total. The average Bonchev–Trinajstić information content (AvgIpc) is 2.90. The molecule has 2 aliphatic carbocycles. The molecule has 2 aliphatic rings. The molecule has 2 aromatic carbocycles. The molecule has 0 saturated heterocycles. The molecule has 0 saturated carbocycles. The first-order chi connectivity index (χ1) is 9.18. The molecule has 0 fully saturated rings. The van der Waals surface area contributed by atoms with Gasteiger partial charge in [-0.2, -0.15) is 0 Å². The Bertz CT molecular complexity index is 677. The smallest absolute Gasteiger partial charge is 0.170 e. The van der Waals surface area contributed by atoms with Gasteiger partial charge in [-0.3, -0.25) is 4.79 Å². The Balaban J connectivity index is 1.80. The summed E-state index contributed by atoms with van der Waals surface area (Å²) in [4.78, 5) is 12.8. The minimum absolute atomic E-state index is 0.236. The molecule has 1 nitrogen and oxygen atoms in total. The Labute approximate surface area is 114 Å². The fourth-order valence-electron chi connectivity index (χ4n) is 3.67. The first-order valence-corrected chi connectivity index (χ1v) is 6.68. The SMILES string of the molecule is [B]c1ccc2c(c1)C(=O)C1(Cc3ccccc3C1)C2. The van der Waals surface area contributed by atoms with Crippen LogP contribution in [0.15, 0.2) is 42.5 Å². The van der Waals surface area contributed by atoms with Gasteiger partial charge in [0.05, 0.1) is 0 Å². The van der Waals surface area contributed by atoms with Crippen molar-refractivity contribution < 1.29 is 4.79 Å². The fraction of sp³-hybridized carbons (Fsp3) is 0.235. The lowest BCUT2D eigenvalue weighted by Gasteiger charge is -2.20. The summed E-state index contributed by atoms with van der Waals surface area (Å²) >= 11 is 0. The van der Waals surface area contributed by atoms with Crippen LogP contribution in [0.2, 0.25) is 0 Å². The number of benzene rings is 2. The highest BCUT2D eigenvalue weighted by Gasteiger charge is 2.48. The lowest BCUT2D eigenvalue weighted by molar-refractivity contribution is 0.0831. The zero-order valence-electron chi connectivity index (χ0n) is 10.6. The molecule has 90 valence electrons. The predicted octanol–water partition coefficient (Wildman–Crippen LogP) is 2.00. The number of hydrogen-bond acceptors (Lipinski definition) is 1. The average molecular weight is 244 g/mol. The summed E-state index contributed by atoms with van der Waals surface area (Å²) in [5.74, 6) is 0.283. The molecule has 0 aromatic heterocycles. The second-order valence-electron chi connectivity index (χ2n) is 5.83. The molecule has 0 atom stereocenters. The van der Waals surface area contributed by atoms with E-state index in [1.54, 1.807) is 0 Å². The number of Topliss-reactive ketones (excluding diaryl/α,β-unsaturated/α-hetero) is 1.